The summed E-state index contributed by atoms with van der Waals surface area (Å²) >= 11 is 0.702. The highest BCUT2D eigenvalue weighted by Gasteiger charge is 2.40. The smallest absolute Gasteiger partial charge is 0.418 e. The lowest BCUT2D eigenvalue weighted by atomic mass is 9.82. The van der Waals surface area contributed by atoms with Crippen LogP contribution in [0.25, 0.3) is 0 Å². The number of hydrogen-bond donors (Lipinski definition) is 2. The van der Waals surface area contributed by atoms with Crippen LogP contribution < -0.4 is 5.32 Å². The first kappa shape index (κ1) is 21.0. The van der Waals surface area contributed by atoms with Crippen LogP contribution in [-0.2, 0) is 28.6 Å². The molecule has 1 heterocycles. The molecule has 0 radical (unpaired) electrons. The number of nitrogens with zero attached hydrogens (tertiary/aromatic N) is 2. The molecule has 1 aromatic heterocycles. The van der Waals surface area contributed by atoms with Gasteiger partial charge >= 0.3 is 12.1 Å². The maximum atomic E-state index is 13.7. The molecule has 0 aliphatic heterocycles. The number of halogens is 3. The molecule has 146 valence electrons. The SMILES string of the molecule is CC[C@H]1CCc2nc(SCC(=O)NCC(=O)O)c(C#N)c(C(F)(F)F)c2C1. The normalized spacial score (nSPS) is 16.3. The van der Waals surface area contributed by atoms with Crippen molar-refractivity contribution >= 4 is 23.6 Å². The summed E-state index contributed by atoms with van der Waals surface area (Å²) in [4.78, 5) is 26.3. The van der Waals surface area contributed by atoms with E-state index in [0.29, 0.717) is 23.9 Å². The van der Waals surface area contributed by atoms with E-state index in [2.05, 4.69) is 10.3 Å². The molecule has 2 rings (SSSR count). The minimum absolute atomic E-state index is 0.0804. The second kappa shape index (κ2) is 8.61. The fourth-order valence-electron chi connectivity index (χ4n) is 3.03. The fraction of sp³-hybridized carbons (Fsp3) is 0.529. The van der Waals surface area contributed by atoms with Gasteiger partial charge in [0.25, 0.3) is 0 Å². The third-order valence-corrected chi connectivity index (χ3v) is 5.36. The lowest BCUT2D eigenvalue weighted by Crippen LogP contribution is -2.30. The molecule has 2 N–H and O–H groups in total. The number of carboxylic acid groups (broad SMARTS) is 1. The number of hydrogen-bond acceptors (Lipinski definition) is 5. The van der Waals surface area contributed by atoms with Gasteiger partial charge in [-0.15, -0.1) is 0 Å². The Hall–Kier alpha value is -2.28. The number of fused-ring (bicyclic) bond motifs is 1. The molecule has 0 saturated heterocycles. The lowest BCUT2D eigenvalue weighted by Gasteiger charge is -2.27. The number of rotatable bonds is 6. The first-order valence-corrected chi connectivity index (χ1v) is 9.30. The van der Waals surface area contributed by atoms with Gasteiger partial charge in [-0.3, -0.25) is 9.59 Å². The molecule has 0 aromatic carbocycles. The van der Waals surface area contributed by atoms with Gasteiger partial charge in [0.2, 0.25) is 5.91 Å². The zero-order valence-electron chi connectivity index (χ0n) is 14.5. The predicted molar refractivity (Wildman–Crippen MR) is 91.1 cm³/mol. The molecule has 6 nitrogen and oxygen atoms in total. The molecule has 0 unspecified atom stereocenters. The molecule has 1 amide bonds. The molecule has 1 atom stereocenters. The average Bonchev–Trinajstić information content (AvgIpc) is 2.61. The summed E-state index contributed by atoms with van der Waals surface area (Å²) in [5, 5.41) is 19.8. The van der Waals surface area contributed by atoms with Crippen LogP contribution >= 0.6 is 11.8 Å². The lowest BCUT2D eigenvalue weighted by molar-refractivity contribution is -0.139. The average molecular weight is 401 g/mol. The van der Waals surface area contributed by atoms with Crippen LogP contribution in [0.3, 0.4) is 0 Å². The van der Waals surface area contributed by atoms with Crippen molar-refractivity contribution in [3.63, 3.8) is 0 Å². The summed E-state index contributed by atoms with van der Waals surface area (Å²) in [6, 6.07) is 1.60. The summed E-state index contributed by atoms with van der Waals surface area (Å²) in [6.07, 6.45) is -2.61. The second-order valence-corrected chi connectivity index (χ2v) is 7.14. The zero-order chi connectivity index (χ0) is 20.2. The van der Waals surface area contributed by atoms with E-state index in [1.807, 2.05) is 6.92 Å². The molecule has 0 spiro atoms. The van der Waals surface area contributed by atoms with Crippen LogP contribution in [-0.4, -0.2) is 34.3 Å². The van der Waals surface area contributed by atoms with E-state index >= 15 is 0 Å². The zero-order valence-corrected chi connectivity index (χ0v) is 15.3. The third-order valence-electron chi connectivity index (χ3n) is 4.38. The number of thioether (sulfide) groups is 1. The van der Waals surface area contributed by atoms with Crippen molar-refractivity contribution in [3.05, 3.63) is 22.4 Å². The molecule has 1 aliphatic carbocycles. The van der Waals surface area contributed by atoms with E-state index in [1.165, 1.54) is 0 Å². The number of carbonyl (C=O) groups excluding carboxylic acids is 1. The van der Waals surface area contributed by atoms with E-state index in [-0.39, 0.29) is 28.7 Å². The van der Waals surface area contributed by atoms with E-state index < -0.39 is 35.7 Å². The number of aryl methyl sites for hydroxylation is 1. The molecule has 1 aromatic rings. The van der Waals surface area contributed by atoms with Crippen molar-refractivity contribution in [2.24, 2.45) is 5.92 Å². The summed E-state index contributed by atoms with van der Waals surface area (Å²) < 4.78 is 41.1. The second-order valence-electron chi connectivity index (χ2n) is 6.18. The highest BCUT2D eigenvalue weighted by molar-refractivity contribution is 8.00. The Labute approximate surface area is 158 Å². The molecule has 0 saturated carbocycles. The Morgan fingerprint density at radius 1 is 1.44 bits per heavy atom. The van der Waals surface area contributed by atoms with Crippen LogP contribution in [0.2, 0.25) is 0 Å². The van der Waals surface area contributed by atoms with E-state index in [1.54, 1.807) is 6.07 Å². The Kier molecular flexibility index (Phi) is 6.70. The van der Waals surface area contributed by atoms with E-state index in [0.717, 1.165) is 12.8 Å². The molecular weight excluding hydrogens is 383 g/mol. The summed E-state index contributed by atoms with van der Waals surface area (Å²) in [6.45, 7) is 1.33. The van der Waals surface area contributed by atoms with Crippen molar-refractivity contribution in [2.75, 3.05) is 12.3 Å². The Bertz CT molecular complexity index is 790. The highest BCUT2D eigenvalue weighted by atomic mass is 32.2. The van der Waals surface area contributed by atoms with Gasteiger partial charge in [-0.2, -0.15) is 18.4 Å². The van der Waals surface area contributed by atoms with Gasteiger partial charge in [0.15, 0.2) is 0 Å². The van der Waals surface area contributed by atoms with Gasteiger partial charge < -0.3 is 10.4 Å². The molecule has 0 bridgehead atoms. The standard InChI is InChI=1S/C17H18F3N3O3S/c1-2-9-3-4-12-10(5-9)15(17(18,19)20)11(6-21)16(23-12)27-8-13(24)22-7-14(25)26/h9H,2-5,7-8H2,1H3,(H,22,24)(H,25,26)/t9-/m0/s1. The number of pyridine rings is 1. The van der Waals surface area contributed by atoms with Crippen LogP contribution in [0.15, 0.2) is 5.03 Å². The maximum absolute atomic E-state index is 13.7. The first-order chi connectivity index (χ1) is 12.7. The Morgan fingerprint density at radius 3 is 2.70 bits per heavy atom. The van der Waals surface area contributed by atoms with Crippen molar-refractivity contribution in [2.45, 2.75) is 43.8 Å². The van der Waals surface area contributed by atoms with E-state index in [4.69, 9.17) is 5.11 Å². The van der Waals surface area contributed by atoms with Gasteiger partial charge in [-0.1, -0.05) is 25.1 Å². The minimum Gasteiger partial charge on any atom is -0.480 e. The maximum Gasteiger partial charge on any atom is 0.418 e. The largest absolute Gasteiger partial charge is 0.480 e. The number of carbonyl (C=O) groups is 2. The molecular formula is C17H18F3N3O3S. The minimum atomic E-state index is -4.70. The van der Waals surface area contributed by atoms with Gasteiger partial charge in [0.1, 0.15) is 17.6 Å². The third kappa shape index (κ3) is 5.13. The fourth-order valence-corrected chi connectivity index (χ4v) is 3.87. The number of amides is 1. The molecule has 10 heteroatoms. The predicted octanol–water partition coefficient (Wildman–Crippen LogP) is 2.78. The first-order valence-electron chi connectivity index (χ1n) is 8.31. The van der Waals surface area contributed by atoms with Gasteiger partial charge in [-0.05, 0) is 30.7 Å². The van der Waals surface area contributed by atoms with Crippen LogP contribution in [0, 0.1) is 17.2 Å². The van der Waals surface area contributed by atoms with Gasteiger partial charge in [-0.25, -0.2) is 4.98 Å². The Morgan fingerprint density at radius 2 is 2.15 bits per heavy atom. The summed E-state index contributed by atoms with van der Waals surface area (Å²) in [5.74, 6) is -2.11. The van der Waals surface area contributed by atoms with Crippen LogP contribution in [0.1, 0.15) is 42.1 Å². The molecule has 27 heavy (non-hydrogen) atoms. The monoisotopic (exact) mass is 401 g/mol. The molecule has 1 aliphatic rings. The van der Waals surface area contributed by atoms with Crippen LogP contribution in [0.4, 0.5) is 13.2 Å². The van der Waals surface area contributed by atoms with Gasteiger partial charge in [0.05, 0.1) is 16.9 Å². The quantitative estimate of drug-likeness (QED) is 0.711. The number of nitrogens with one attached hydrogen (secondary N) is 1. The number of alkyl halides is 3. The highest BCUT2D eigenvalue weighted by Crippen LogP contribution is 2.42. The summed E-state index contributed by atoms with van der Waals surface area (Å²) in [5.41, 5.74) is -1.13. The Balaban J connectivity index is 2.38. The van der Waals surface area contributed by atoms with Crippen LogP contribution in [0.5, 0.6) is 0 Å². The van der Waals surface area contributed by atoms with E-state index in [9.17, 15) is 28.0 Å². The number of carboxylic acids is 1. The van der Waals surface area contributed by atoms with Crippen molar-refractivity contribution in [1.29, 1.82) is 5.26 Å². The van der Waals surface area contributed by atoms with Crippen molar-refractivity contribution in [1.82, 2.24) is 10.3 Å². The summed E-state index contributed by atoms with van der Waals surface area (Å²) in [7, 11) is 0. The number of aromatic nitrogens is 1. The number of nitriles is 1. The topological polar surface area (TPSA) is 103 Å². The van der Waals surface area contributed by atoms with Crippen molar-refractivity contribution in [3.8, 4) is 6.07 Å². The van der Waals surface area contributed by atoms with Crippen molar-refractivity contribution < 1.29 is 27.9 Å². The van der Waals surface area contributed by atoms with Gasteiger partial charge in [0, 0.05) is 5.69 Å². The molecule has 0 fully saturated rings. The number of aliphatic carboxylic acids is 1.